The molecule has 2 aromatic rings. The molecular weight excluding hydrogens is 337 g/mol. The Bertz CT molecular complexity index is 786. The molecule has 2 rings (SSSR count). The summed E-state index contributed by atoms with van der Waals surface area (Å²) in [4.78, 5) is 4.70. The molecule has 0 radical (unpaired) electrons. The van der Waals surface area contributed by atoms with Gasteiger partial charge in [-0.3, -0.25) is 4.98 Å². The number of pyridine rings is 1. The number of halogens is 3. The van der Waals surface area contributed by atoms with Gasteiger partial charge in [0.05, 0.1) is 11.3 Å². The molecule has 2 nitrogen and oxygen atoms in total. The van der Waals surface area contributed by atoms with Crippen LogP contribution in [-0.4, -0.2) is 11.5 Å². The van der Waals surface area contributed by atoms with E-state index in [2.05, 4.69) is 30.6 Å². The molecule has 1 aromatic heterocycles. The third kappa shape index (κ3) is 4.99. The first-order valence-electron chi connectivity index (χ1n) is 8.61. The van der Waals surface area contributed by atoms with Crippen LogP contribution in [0.4, 0.5) is 13.2 Å². The fraction of sp³-hybridized carbons (Fsp3) is 0.333. The molecule has 1 aromatic carbocycles. The number of nitrogens with one attached hydrogen (secondary N) is 1. The summed E-state index contributed by atoms with van der Waals surface area (Å²) in [6, 6.07) is 7.30. The van der Waals surface area contributed by atoms with Gasteiger partial charge in [0, 0.05) is 30.4 Å². The predicted molar refractivity (Wildman–Crippen MR) is 98.8 cm³/mol. The quantitative estimate of drug-likeness (QED) is 0.524. The van der Waals surface area contributed by atoms with E-state index in [4.69, 9.17) is 4.98 Å². The second-order valence-corrected chi connectivity index (χ2v) is 6.12. The van der Waals surface area contributed by atoms with E-state index in [-0.39, 0.29) is 0 Å². The monoisotopic (exact) mass is 360 g/mol. The number of benzene rings is 1. The van der Waals surface area contributed by atoms with Crippen LogP contribution < -0.4 is 5.32 Å². The highest BCUT2D eigenvalue weighted by atomic mass is 19.4. The molecule has 0 atom stereocenters. The van der Waals surface area contributed by atoms with E-state index in [9.17, 15) is 13.2 Å². The van der Waals surface area contributed by atoms with E-state index in [1.54, 1.807) is 6.20 Å². The summed E-state index contributed by atoms with van der Waals surface area (Å²) >= 11 is 0. The van der Waals surface area contributed by atoms with Crippen molar-refractivity contribution in [3.05, 3.63) is 71.2 Å². The zero-order chi connectivity index (χ0) is 19.2. The molecule has 0 aliphatic heterocycles. The standard InChI is InChI=1S/C21H23F3N2/c1-4-6-17-14-19(11-13-25-12-5-2)26-20(15(17)3)16-7-9-18(10-8-16)21(22,23)24/h7-10,12,14,25H,2,4,6,11,13H2,1,3H3. The second kappa shape index (κ2) is 8.72. The number of alkyl halides is 3. The van der Waals surface area contributed by atoms with Crippen LogP contribution in [0.25, 0.3) is 11.3 Å². The molecule has 1 N–H and O–H groups in total. The van der Waals surface area contributed by atoms with Crippen molar-refractivity contribution >= 4 is 0 Å². The van der Waals surface area contributed by atoms with E-state index in [0.29, 0.717) is 18.5 Å². The molecule has 0 aliphatic rings. The second-order valence-electron chi connectivity index (χ2n) is 6.12. The SMILES string of the molecule is C=C=CNCCc1cc(CCC)c(C)c(-c2ccc(C(F)(F)F)cc2)n1. The topological polar surface area (TPSA) is 24.9 Å². The van der Waals surface area contributed by atoms with Gasteiger partial charge in [0.15, 0.2) is 0 Å². The van der Waals surface area contributed by atoms with Crippen molar-refractivity contribution in [2.45, 2.75) is 39.3 Å². The van der Waals surface area contributed by atoms with Gasteiger partial charge >= 0.3 is 6.18 Å². The minimum Gasteiger partial charge on any atom is -0.384 e. The number of rotatable bonds is 7. The van der Waals surface area contributed by atoms with Gasteiger partial charge in [-0.1, -0.05) is 32.1 Å². The van der Waals surface area contributed by atoms with Crippen LogP contribution in [0.5, 0.6) is 0 Å². The Morgan fingerprint density at radius 1 is 1.19 bits per heavy atom. The van der Waals surface area contributed by atoms with Crippen molar-refractivity contribution < 1.29 is 13.2 Å². The Balaban J connectivity index is 2.38. The summed E-state index contributed by atoms with van der Waals surface area (Å²) in [5, 5.41) is 3.07. The molecule has 0 bridgehead atoms. The fourth-order valence-corrected chi connectivity index (χ4v) is 2.82. The maximum Gasteiger partial charge on any atom is 0.416 e. The van der Waals surface area contributed by atoms with Crippen LogP contribution in [0.2, 0.25) is 0 Å². The lowest BCUT2D eigenvalue weighted by molar-refractivity contribution is -0.137. The minimum absolute atomic E-state index is 0.649. The highest BCUT2D eigenvalue weighted by Gasteiger charge is 2.30. The molecule has 1 heterocycles. The smallest absolute Gasteiger partial charge is 0.384 e. The van der Waals surface area contributed by atoms with E-state index in [1.807, 2.05) is 6.92 Å². The van der Waals surface area contributed by atoms with Gasteiger partial charge in [-0.2, -0.15) is 13.2 Å². The molecule has 5 heteroatoms. The first kappa shape index (κ1) is 19.8. The van der Waals surface area contributed by atoms with E-state index in [1.165, 1.54) is 17.7 Å². The number of aryl methyl sites for hydroxylation is 1. The van der Waals surface area contributed by atoms with Crippen LogP contribution in [0.1, 0.15) is 35.7 Å². The van der Waals surface area contributed by atoms with Crippen LogP contribution in [-0.2, 0) is 19.0 Å². The Morgan fingerprint density at radius 2 is 1.88 bits per heavy atom. The van der Waals surface area contributed by atoms with Crippen LogP contribution in [0.15, 0.2) is 48.8 Å². The lowest BCUT2D eigenvalue weighted by atomic mass is 9.97. The highest BCUT2D eigenvalue weighted by Crippen LogP contribution is 2.32. The van der Waals surface area contributed by atoms with Crippen LogP contribution in [0.3, 0.4) is 0 Å². The Labute approximate surface area is 152 Å². The third-order valence-electron chi connectivity index (χ3n) is 4.17. The highest BCUT2D eigenvalue weighted by molar-refractivity contribution is 5.65. The largest absolute Gasteiger partial charge is 0.416 e. The maximum atomic E-state index is 12.8. The fourth-order valence-electron chi connectivity index (χ4n) is 2.82. The number of hydrogen-bond donors (Lipinski definition) is 1. The van der Waals surface area contributed by atoms with Crippen molar-refractivity contribution in [1.29, 1.82) is 0 Å². The molecule has 0 aliphatic carbocycles. The molecule has 0 saturated carbocycles. The van der Waals surface area contributed by atoms with Gasteiger partial charge in [0.1, 0.15) is 0 Å². The summed E-state index contributed by atoms with van der Waals surface area (Å²) in [5.41, 5.74) is 6.58. The third-order valence-corrected chi connectivity index (χ3v) is 4.17. The Kier molecular flexibility index (Phi) is 6.64. The lowest BCUT2D eigenvalue weighted by Gasteiger charge is -2.14. The van der Waals surface area contributed by atoms with E-state index >= 15 is 0 Å². The Hall–Kier alpha value is -2.52. The maximum absolute atomic E-state index is 12.8. The van der Waals surface area contributed by atoms with E-state index < -0.39 is 11.7 Å². The van der Waals surface area contributed by atoms with Crippen molar-refractivity contribution in [1.82, 2.24) is 10.3 Å². The van der Waals surface area contributed by atoms with Crippen LogP contribution >= 0.6 is 0 Å². The number of hydrogen-bond acceptors (Lipinski definition) is 2. The Morgan fingerprint density at radius 3 is 2.46 bits per heavy atom. The van der Waals surface area contributed by atoms with Crippen LogP contribution in [0, 0.1) is 6.92 Å². The molecule has 0 fully saturated rings. The summed E-state index contributed by atoms with van der Waals surface area (Å²) in [7, 11) is 0. The zero-order valence-electron chi connectivity index (χ0n) is 15.1. The molecule has 26 heavy (non-hydrogen) atoms. The molecule has 0 unspecified atom stereocenters. The minimum atomic E-state index is -4.33. The predicted octanol–water partition coefficient (Wildman–Crippen LogP) is 5.46. The number of aromatic nitrogens is 1. The summed E-state index contributed by atoms with van der Waals surface area (Å²) in [5.74, 6) is 0. The van der Waals surface area contributed by atoms with Gasteiger partial charge in [-0.25, -0.2) is 0 Å². The van der Waals surface area contributed by atoms with Gasteiger partial charge in [0.2, 0.25) is 0 Å². The first-order chi connectivity index (χ1) is 12.4. The molecular formula is C21H23F3N2. The zero-order valence-corrected chi connectivity index (χ0v) is 15.1. The normalized spacial score (nSPS) is 11.1. The van der Waals surface area contributed by atoms with Gasteiger partial charge in [0.25, 0.3) is 0 Å². The summed E-state index contributed by atoms with van der Waals surface area (Å²) in [6.45, 7) is 8.27. The molecule has 0 saturated heterocycles. The van der Waals surface area contributed by atoms with Crippen molar-refractivity contribution in [2.75, 3.05) is 6.54 Å². The van der Waals surface area contributed by atoms with Crippen molar-refractivity contribution in [3.8, 4) is 11.3 Å². The van der Waals surface area contributed by atoms with Gasteiger partial charge < -0.3 is 5.32 Å². The average molecular weight is 360 g/mol. The number of nitrogens with zero attached hydrogens (tertiary/aromatic N) is 1. The lowest BCUT2D eigenvalue weighted by Crippen LogP contribution is -2.11. The summed E-state index contributed by atoms with van der Waals surface area (Å²) in [6.07, 6.45) is -0.0650. The van der Waals surface area contributed by atoms with Crippen molar-refractivity contribution in [3.63, 3.8) is 0 Å². The van der Waals surface area contributed by atoms with E-state index in [0.717, 1.165) is 41.9 Å². The van der Waals surface area contributed by atoms with Crippen molar-refractivity contribution in [2.24, 2.45) is 0 Å². The van der Waals surface area contributed by atoms with Gasteiger partial charge in [-0.15, -0.1) is 5.73 Å². The molecule has 0 spiro atoms. The molecule has 0 amide bonds. The van der Waals surface area contributed by atoms with Gasteiger partial charge in [-0.05, 0) is 42.7 Å². The molecule has 138 valence electrons. The first-order valence-corrected chi connectivity index (χ1v) is 8.61. The summed E-state index contributed by atoms with van der Waals surface area (Å²) < 4.78 is 38.4. The average Bonchev–Trinajstić information content (AvgIpc) is 2.61.